The first-order chi connectivity index (χ1) is 10.3. The number of pyridine rings is 1. The van der Waals surface area contributed by atoms with Crippen molar-refractivity contribution < 1.29 is 0 Å². The number of fused-ring (bicyclic) bond motifs is 1. The summed E-state index contributed by atoms with van der Waals surface area (Å²) in [5.41, 5.74) is 3.80. The molecular formula is C17H22N4. The van der Waals surface area contributed by atoms with Crippen LogP contribution in [0.4, 0.5) is 0 Å². The standard InChI is InChI=1S/C17H22N4/c1-2-18-11-14-3-4-16-15(9-14)12-20-17(21-16)10-13-5-7-19-8-6-13/h5-8,12,14,18H,2-4,9-11H2,1H3. The van der Waals surface area contributed by atoms with Gasteiger partial charge in [-0.2, -0.15) is 0 Å². The van der Waals surface area contributed by atoms with Gasteiger partial charge >= 0.3 is 0 Å². The first-order valence-corrected chi connectivity index (χ1v) is 7.78. The van der Waals surface area contributed by atoms with Gasteiger partial charge in [0, 0.05) is 30.7 Å². The average molecular weight is 282 g/mol. The van der Waals surface area contributed by atoms with Gasteiger partial charge < -0.3 is 5.32 Å². The number of aromatic nitrogens is 3. The molecule has 3 rings (SSSR count). The van der Waals surface area contributed by atoms with Crippen molar-refractivity contribution in [2.24, 2.45) is 5.92 Å². The van der Waals surface area contributed by atoms with Gasteiger partial charge in [0.1, 0.15) is 5.82 Å². The number of nitrogens with one attached hydrogen (secondary N) is 1. The molecule has 2 heterocycles. The molecule has 1 aliphatic rings. The molecule has 0 fully saturated rings. The first-order valence-electron chi connectivity index (χ1n) is 7.78. The lowest BCUT2D eigenvalue weighted by Crippen LogP contribution is -2.27. The van der Waals surface area contributed by atoms with Crippen molar-refractivity contribution in [3.05, 3.63) is 53.4 Å². The number of hydrogen-bond donors (Lipinski definition) is 1. The van der Waals surface area contributed by atoms with Crippen LogP contribution in [0.5, 0.6) is 0 Å². The van der Waals surface area contributed by atoms with E-state index in [1.807, 2.05) is 30.7 Å². The molecule has 0 saturated carbocycles. The molecule has 0 saturated heterocycles. The quantitative estimate of drug-likeness (QED) is 0.913. The van der Waals surface area contributed by atoms with Crippen molar-refractivity contribution in [1.82, 2.24) is 20.3 Å². The van der Waals surface area contributed by atoms with Crippen molar-refractivity contribution >= 4 is 0 Å². The van der Waals surface area contributed by atoms with E-state index in [2.05, 4.69) is 22.2 Å². The Morgan fingerprint density at radius 1 is 1.29 bits per heavy atom. The molecule has 2 aromatic rings. The summed E-state index contributed by atoms with van der Waals surface area (Å²) in [4.78, 5) is 13.4. The van der Waals surface area contributed by atoms with E-state index in [-0.39, 0.29) is 0 Å². The highest BCUT2D eigenvalue weighted by Crippen LogP contribution is 2.23. The second kappa shape index (κ2) is 6.76. The highest BCUT2D eigenvalue weighted by Gasteiger charge is 2.20. The second-order valence-electron chi connectivity index (χ2n) is 5.71. The van der Waals surface area contributed by atoms with Crippen LogP contribution in [-0.2, 0) is 19.3 Å². The third kappa shape index (κ3) is 3.64. The van der Waals surface area contributed by atoms with Gasteiger partial charge in [-0.15, -0.1) is 0 Å². The maximum Gasteiger partial charge on any atom is 0.132 e. The molecule has 2 aromatic heterocycles. The molecule has 0 aromatic carbocycles. The van der Waals surface area contributed by atoms with E-state index in [0.717, 1.165) is 44.1 Å². The molecule has 110 valence electrons. The summed E-state index contributed by atoms with van der Waals surface area (Å²) in [5.74, 6) is 1.65. The molecule has 0 spiro atoms. The van der Waals surface area contributed by atoms with Crippen LogP contribution in [0.1, 0.15) is 36.0 Å². The zero-order valence-electron chi connectivity index (χ0n) is 12.5. The molecule has 1 N–H and O–H groups in total. The van der Waals surface area contributed by atoms with E-state index in [1.54, 1.807) is 0 Å². The van der Waals surface area contributed by atoms with Gasteiger partial charge in [0.25, 0.3) is 0 Å². The smallest absolute Gasteiger partial charge is 0.132 e. The van der Waals surface area contributed by atoms with Crippen molar-refractivity contribution in [3.8, 4) is 0 Å². The van der Waals surface area contributed by atoms with E-state index in [4.69, 9.17) is 4.98 Å². The summed E-state index contributed by atoms with van der Waals surface area (Å²) in [7, 11) is 0. The Balaban J connectivity index is 1.69. The molecule has 0 aliphatic heterocycles. The van der Waals surface area contributed by atoms with E-state index in [9.17, 15) is 0 Å². The van der Waals surface area contributed by atoms with Crippen LogP contribution in [0.3, 0.4) is 0 Å². The summed E-state index contributed by atoms with van der Waals surface area (Å²) in [6, 6.07) is 4.05. The maximum atomic E-state index is 4.77. The van der Waals surface area contributed by atoms with Gasteiger partial charge in [0.15, 0.2) is 0 Å². The predicted octanol–water partition coefficient (Wildman–Crippen LogP) is 2.18. The molecular weight excluding hydrogens is 260 g/mol. The van der Waals surface area contributed by atoms with Crippen molar-refractivity contribution in [3.63, 3.8) is 0 Å². The third-order valence-corrected chi connectivity index (χ3v) is 4.10. The Morgan fingerprint density at radius 3 is 2.95 bits per heavy atom. The molecule has 1 aliphatic carbocycles. The first kappa shape index (κ1) is 14.1. The monoisotopic (exact) mass is 282 g/mol. The third-order valence-electron chi connectivity index (χ3n) is 4.10. The van der Waals surface area contributed by atoms with Crippen LogP contribution >= 0.6 is 0 Å². The fourth-order valence-corrected chi connectivity index (χ4v) is 2.92. The van der Waals surface area contributed by atoms with Crippen LogP contribution in [0.15, 0.2) is 30.7 Å². The Morgan fingerprint density at radius 2 is 2.14 bits per heavy atom. The lowest BCUT2D eigenvalue weighted by atomic mass is 9.87. The van der Waals surface area contributed by atoms with Crippen LogP contribution in [0.25, 0.3) is 0 Å². The average Bonchev–Trinajstić information content (AvgIpc) is 2.54. The SMILES string of the molecule is CCNCC1CCc2nc(Cc3ccncc3)ncc2C1. The van der Waals surface area contributed by atoms with E-state index in [0.29, 0.717) is 0 Å². The van der Waals surface area contributed by atoms with E-state index in [1.165, 1.54) is 23.2 Å². The lowest BCUT2D eigenvalue weighted by molar-refractivity contribution is 0.423. The van der Waals surface area contributed by atoms with Crippen molar-refractivity contribution in [2.75, 3.05) is 13.1 Å². The zero-order valence-corrected chi connectivity index (χ0v) is 12.5. The van der Waals surface area contributed by atoms with Gasteiger partial charge in [0.05, 0.1) is 0 Å². The molecule has 0 radical (unpaired) electrons. The van der Waals surface area contributed by atoms with Gasteiger partial charge in [-0.25, -0.2) is 9.97 Å². The summed E-state index contributed by atoms with van der Waals surface area (Å²) in [5, 5.41) is 3.45. The topological polar surface area (TPSA) is 50.7 Å². The number of rotatable bonds is 5. The zero-order chi connectivity index (χ0) is 14.5. The fourth-order valence-electron chi connectivity index (χ4n) is 2.92. The van der Waals surface area contributed by atoms with Gasteiger partial charge in [-0.1, -0.05) is 6.92 Å². The summed E-state index contributed by atoms with van der Waals surface area (Å²) in [6.45, 7) is 4.31. The Kier molecular flexibility index (Phi) is 4.55. The van der Waals surface area contributed by atoms with Gasteiger partial charge in [0.2, 0.25) is 0 Å². The van der Waals surface area contributed by atoms with Crippen LogP contribution in [0, 0.1) is 5.92 Å². The van der Waals surface area contributed by atoms with Crippen molar-refractivity contribution in [2.45, 2.75) is 32.6 Å². The Hall–Kier alpha value is -1.81. The van der Waals surface area contributed by atoms with E-state index >= 15 is 0 Å². The normalized spacial score (nSPS) is 17.5. The van der Waals surface area contributed by atoms with Gasteiger partial charge in [-0.05, 0) is 61.5 Å². The molecule has 0 amide bonds. The molecule has 0 bridgehead atoms. The highest BCUT2D eigenvalue weighted by atomic mass is 14.9. The molecule has 1 atom stereocenters. The van der Waals surface area contributed by atoms with Crippen LogP contribution < -0.4 is 5.32 Å². The minimum Gasteiger partial charge on any atom is -0.317 e. The lowest BCUT2D eigenvalue weighted by Gasteiger charge is -2.24. The minimum atomic E-state index is 0.729. The predicted molar refractivity (Wildman–Crippen MR) is 83.1 cm³/mol. The Labute approximate surface area is 126 Å². The number of hydrogen-bond acceptors (Lipinski definition) is 4. The molecule has 4 nitrogen and oxygen atoms in total. The molecule has 1 unspecified atom stereocenters. The van der Waals surface area contributed by atoms with Gasteiger partial charge in [-0.3, -0.25) is 4.98 Å². The summed E-state index contributed by atoms with van der Waals surface area (Å²) >= 11 is 0. The van der Waals surface area contributed by atoms with Crippen LogP contribution in [0.2, 0.25) is 0 Å². The summed E-state index contributed by atoms with van der Waals surface area (Å²) < 4.78 is 0. The maximum absolute atomic E-state index is 4.77. The fraction of sp³-hybridized carbons (Fsp3) is 0.471. The number of nitrogens with zero attached hydrogens (tertiary/aromatic N) is 3. The summed E-state index contributed by atoms with van der Waals surface area (Å²) in [6.07, 6.45) is 9.88. The highest BCUT2D eigenvalue weighted by molar-refractivity contribution is 5.23. The molecule has 21 heavy (non-hydrogen) atoms. The van der Waals surface area contributed by atoms with Crippen molar-refractivity contribution in [1.29, 1.82) is 0 Å². The largest absolute Gasteiger partial charge is 0.317 e. The second-order valence-corrected chi connectivity index (χ2v) is 5.71. The Bertz CT molecular complexity index is 583. The van der Waals surface area contributed by atoms with Crippen LogP contribution in [-0.4, -0.2) is 28.0 Å². The number of aryl methyl sites for hydroxylation is 1. The van der Waals surface area contributed by atoms with E-state index < -0.39 is 0 Å². The molecule has 4 heteroatoms. The minimum absolute atomic E-state index is 0.729.